The van der Waals surface area contributed by atoms with Crippen LogP contribution < -0.4 is 5.32 Å². The van der Waals surface area contributed by atoms with Crippen LogP contribution in [0.3, 0.4) is 0 Å². The van der Waals surface area contributed by atoms with Gasteiger partial charge < -0.3 is 9.73 Å². The molecule has 0 spiro atoms. The summed E-state index contributed by atoms with van der Waals surface area (Å²) in [6.07, 6.45) is 3.92. The van der Waals surface area contributed by atoms with Crippen molar-refractivity contribution in [3.8, 4) is 11.5 Å². The smallest absolute Gasteiger partial charge is 0.271 e. The molecule has 0 bridgehead atoms. The van der Waals surface area contributed by atoms with Gasteiger partial charge in [-0.3, -0.25) is 14.8 Å². The Morgan fingerprint density at radius 2 is 2.07 bits per heavy atom. The number of carbonyl (C=O) groups is 1. The molecular formula is C20H21ClN4O2. The van der Waals surface area contributed by atoms with Crippen molar-refractivity contribution in [1.29, 1.82) is 0 Å². The Labute approximate surface area is 162 Å². The first-order valence-corrected chi connectivity index (χ1v) is 9.46. The minimum absolute atomic E-state index is 0.0497. The number of nitrogens with one attached hydrogen (secondary N) is 2. The maximum absolute atomic E-state index is 12.6. The Kier molecular flexibility index (Phi) is 5.27. The molecule has 27 heavy (non-hydrogen) atoms. The van der Waals surface area contributed by atoms with Crippen LogP contribution in [0.1, 0.15) is 34.9 Å². The first-order chi connectivity index (χ1) is 13.2. The lowest BCUT2D eigenvalue weighted by atomic mass is 10.1. The van der Waals surface area contributed by atoms with Gasteiger partial charge in [0.2, 0.25) is 0 Å². The maximum Gasteiger partial charge on any atom is 0.271 e. The van der Waals surface area contributed by atoms with Crippen LogP contribution in [-0.4, -0.2) is 40.6 Å². The van der Waals surface area contributed by atoms with E-state index in [-0.39, 0.29) is 11.9 Å². The van der Waals surface area contributed by atoms with Crippen LogP contribution in [0.25, 0.3) is 11.5 Å². The fourth-order valence-electron chi connectivity index (χ4n) is 3.51. The molecule has 1 fully saturated rings. The third-order valence-corrected chi connectivity index (χ3v) is 5.24. The highest BCUT2D eigenvalue weighted by Crippen LogP contribution is 2.29. The first-order valence-electron chi connectivity index (χ1n) is 9.08. The highest BCUT2D eigenvalue weighted by molar-refractivity contribution is 6.31. The van der Waals surface area contributed by atoms with Gasteiger partial charge in [0.1, 0.15) is 5.69 Å². The molecule has 1 aliphatic rings. The first kappa shape index (κ1) is 17.8. The predicted octanol–water partition coefficient (Wildman–Crippen LogP) is 3.89. The summed E-state index contributed by atoms with van der Waals surface area (Å²) >= 11 is 6.42. The molecule has 0 aliphatic carbocycles. The van der Waals surface area contributed by atoms with Crippen molar-refractivity contribution in [1.82, 2.24) is 20.4 Å². The summed E-state index contributed by atoms with van der Waals surface area (Å²) in [4.78, 5) is 15.0. The molecule has 1 saturated heterocycles. The van der Waals surface area contributed by atoms with Gasteiger partial charge in [-0.25, -0.2) is 0 Å². The highest BCUT2D eigenvalue weighted by Gasteiger charge is 2.26. The Morgan fingerprint density at radius 1 is 1.26 bits per heavy atom. The lowest BCUT2D eigenvalue weighted by molar-refractivity contribution is 0.0933. The lowest BCUT2D eigenvalue weighted by Gasteiger charge is -2.28. The third kappa shape index (κ3) is 3.91. The molecule has 3 aromatic rings. The van der Waals surface area contributed by atoms with Gasteiger partial charge in [0.25, 0.3) is 5.91 Å². The van der Waals surface area contributed by atoms with Gasteiger partial charge in [-0.2, -0.15) is 5.10 Å². The zero-order valence-electron chi connectivity index (χ0n) is 14.8. The van der Waals surface area contributed by atoms with E-state index in [9.17, 15) is 4.79 Å². The molecule has 7 heteroatoms. The molecule has 1 amide bonds. The van der Waals surface area contributed by atoms with Crippen LogP contribution in [0.15, 0.2) is 53.1 Å². The topological polar surface area (TPSA) is 74.2 Å². The number of furan rings is 1. The Hall–Kier alpha value is -2.57. The van der Waals surface area contributed by atoms with E-state index in [1.54, 1.807) is 18.4 Å². The van der Waals surface area contributed by atoms with E-state index in [2.05, 4.69) is 20.4 Å². The second-order valence-corrected chi connectivity index (χ2v) is 7.04. The number of amides is 1. The van der Waals surface area contributed by atoms with E-state index < -0.39 is 0 Å². The largest absolute Gasteiger partial charge is 0.463 e. The number of nitrogens with zero attached hydrogens (tertiary/aromatic N) is 2. The minimum atomic E-state index is -0.222. The average Bonchev–Trinajstić information content (AvgIpc) is 3.44. The van der Waals surface area contributed by atoms with Crippen molar-refractivity contribution in [3.05, 3.63) is 65.0 Å². The highest BCUT2D eigenvalue weighted by atomic mass is 35.5. The molecule has 0 radical (unpaired) electrons. The van der Waals surface area contributed by atoms with Crippen molar-refractivity contribution in [2.24, 2.45) is 0 Å². The van der Waals surface area contributed by atoms with Gasteiger partial charge >= 0.3 is 0 Å². The minimum Gasteiger partial charge on any atom is -0.463 e. The third-order valence-electron chi connectivity index (χ3n) is 4.90. The number of carbonyl (C=O) groups excluding carboxylic acids is 1. The number of rotatable bonds is 6. The van der Waals surface area contributed by atoms with Crippen LogP contribution in [0.4, 0.5) is 0 Å². The SMILES string of the molecule is O=C(NCC(c1ccccc1Cl)N1CCCC1)c1cc(-c2ccco2)[nH]n1. The van der Waals surface area contributed by atoms with Crippen molar-refractivity contribution in [2.45, 2.75) is 18.9 Å². The molecule has 2 aromatic heterocycles. The van der Waals surface area contributed by atoms with Gasteiger partial charge in [0, 0.05) is 17.6 Å². The number of halogens is 1. The summed E-state index contributed by atoms with van der Waals surface area (Å²) < 4.78 is 5.33. The van der Waals surface area contributed by atoms with Crippen molar-refractivity contribution in [2.75, 3.05) is 19.6 Å². The molecule has 1 aromatic carbocycles. The van der Waals surface area contributed by atoms with Crippen LogP contribution >= 0.6 is 11.6 Å². The second-order valence-electron chi connectivity index (χ2n) is 6.63. The Morgan fingerprint density at radius 3 is 2.81 bits per heavy atom. The van der Waals surface area contributed by atoms with Crippen LogP contribution in [0, 0.1) is 0 Å². The molecule has 140 valence electrons. The van der Waals surface area contributed by atoms with Gasteiger partial charge in [0.05, 0.1) is 12.3 Å². The number of likely N-dealkylation sites (tertiary alicyclic amines) is 1. The van der Waals surface area contributed by atoms with Crippen molar-refractivity contribution in [3.63, 3.8) is 0 Å². The summed E-state index contributed by atoms with van der Waals surface area (Å²) in [5, 5.41) is 10.7. The van der Waals surface area contributed by atoms with Crippen molar-refractivity contribution >= 4 is 17.5 Å². The summed E-state index contributed by atoms with van der Waals surface area (Å²) in [6.45, 7) is 2.50. The summed E-state index contributed by atoms with van der Waals surface area (Å²) in [6, 6.07) is 13.2. The maximum atomic E-state index is 12.6. The zero-order chi connectivity index (χ0) is 18.6. The molecule has 3 heterocycles. The molecular weight excluding hydrogens is 364 g/mol. The standard InChI is InChI=1S/C20H21ClN4O2/c21-15-7-2-1-6-14(15)18(25-9-3-4-10-25)13-22-20(26)17-12-16(23-24-17)19-8-5-11-27-19/h1-2,5-8,11-12,18H,3-4,9-10,13H2,(H,22,26)(H,23,24). The van der Waals surface area contributed by atoms with E-state index in [1.807, 2.05) is 30.3 Å². The van der Waals surface area contributed by atoms with Gasteiger partial charge in [-0.15, -0.1) is 0 Å². The molecule has 1 atom stereocenters. The number of hydrogen-bond donors (Lipinski definition) is 2. The Bertz CT molecular complexity index is 900. The van der Waals surface area contributed by atoms with Gasteiger partial charge in [-0.1, -0.05) is 29.8 Å². The molecule has 6 nitrogen and oxygen atoms in total. The predicted molar refractivity (Wildman–Crippen MR) is 104 cm³/mol. The number of aromatic nitrogens is 2. The van der Waals surface area contributed by atoms with Gasteiger partial charge in [-0.05, 0) is 49.7 Å². The van der Waals surface area contributed by atoms with E-state index in [1.165, 1.54) is 12.8 Å². The Balaban J connectivity index is 1.47. The van der Waals surface area contributed by atoms with E-state index in [0.29, 0.717) is 23.7 Å². The molecule has 2 N–H and O–H groups in total. The fourth-order valence-corrected chi connectivity index (χ4v) is 3.77. The zero-order valence-corrected chi connectivity index (χ0v) is 15.6. The number of hydrogen-bond acceptors (Lipinski definition) is 4. The van der Waals surface area contributed by atoms with E-state index >= 15 is 0 Å². The quantitative estimate of drug-likeness (QED) is 0.676. The molecule has 1 unspecified atom stereocenters. The number of H-pyrrole nitrogens is 1. The summed E-state index contributed by atoms with van der Waals surface area (Å²) in [5.74, 6) is 0.424. The van der Waals surface area contributed by atoms with E-state index in [0.717, 1.165) is 23.7 Å². The van der Waals surface area contributed by atoms with Crippen LogP contribution in [-0.2, 0) is 0 Å². The lowest BCUT2D eigenvalue weighted by Crippen LogP contribution is -2.37. The monoisotopic (exact) mass is 384 g/mol. The fraction of sp³-hybridized carbons (Fsp3) is 0.300. The second kappa shape index (κ2) is 7.98. The number of aromatic amines is 1. The molecule has 4 rings (SSSR count). The number of benzene rings is 1. The van der Waals surface area contributed by atoms with Crippen molar-refractivity contribution < 1.29 is 9.21 Å². The van der Waals surface area contributed by atoms with E-state index in [4.69, 9.17) is 16.0 Å². The van der Waals surface area contributed by atoms with Crippen LogP contribution in [0.5, 0.6) is 0 Å². The average molecular weight is 385 g/mol. The van der Waals surface area contributed by atoms with Gasteiger partial charge in [0.15, 0.2) is 11.5 Å². The molecule has 0 saturated carbocycles. The normalized spacial score (nSPS) is 15.7. The summed E-state index contributed by atoms with van der Waals surface area (Å²) in [5.41, 5.74) is 2.05. The summed E-state index contributed by atoms with van der Waals surface area (Å²) in [7, 11) is 0. The van der Waals surface area contributed by atoms with Crippen LogP contribution in [0.2, 0.25) is 5.02 Å². The molecule has 1 aliphatic heterocycles.